The maximum atomic E-state index is 11.9. The summed E-state index contributed by atoms with van der Waals surface area (Å²) in [6, 6.07) is 10.4. The van der Waals surface area contributed by atoms with E-state index in [0.717, 1.165) is 15.3 Å². The van der Waals surface area contributed by atoms with Crippen LogP contribution in [-0.2, 0) is 11.3 Å². The summed E-state index contributed by atoms with van der Waals surface area (Å²) in [5, 5.41) is 6.62. The molecule has 98 valence electrons. The average molecular weight is 275 g/mol. The van der Waals surface area contributed by atoms with Gasteiger partial charge in [0.05, 0.1) is 5.69 Å². The lowest BCUT2D eigenvalue weighted by molar-refractivity contribution is -0.117. The summed E-state index contributed by atoms with van der Waals surface area (Å²) in [5.41, 5.74) is 0.444. The highest BCUT2D eigenvalue weighted by molar-refractivity contribution is 7.98. The highest BCUT2D eigenvalue weighted by atomic mass is 32.2. The molecule has 2 rings (SSSR count). The molecule has 0 spiro atoms. The van der Waals surface area contributed by atoms with Gasteiger partial charge in [0.15, 0.2) is 0 Å². The smallest absolute Gasteiger partial charge is 0.267 e. The number of carbonyl (C=O) groups excluding carboxylic acids is 1. The second kappa shape index (κ2) is 6.19. The van der Waals surface area contributed by atoms with E-state index in [9.17, 15) is 9.59 Å². The van der Waals surface area contributed by atoms with Gasteiger partial charge in [-0.15, -0.1) is 11.8 Å². The summed E-state index contributed by atoms with van der Waals surface area (Å²) in [6.45, 7) is -0.0949. The van der Waals surface area contributed by atoms with Crippen LogP contribution in [0.2, 0.25) is 0 Å². The zero-order chi connectivity index (χ0) is 13.7. The number of aromatic nitrogens is 2. The molecular weight excluding hydrogens is 262 g/mol. The van der Waals surface area contributed by atoms with Crippen molar-refractivity contribution in [1.29, 1.82) is 0 Å². The van der Waals surface area contributed by atoms with Crippen LogP contribution in [0, 0.1) is 0 Å². The van der Waals surface area contributed by atoms with Crippen LogP contribution in [0.3, 0.4) is 0 Å². The minimum Gasteiger partial charge on any atom is -0.323 e. The molecule has 0 saturated carbocycles. The largest absolute Gasteiger partial charge is 0.323 e. The summed E-state index contributed by atoms with van der Waals surface area (Å²) >= 11 is 1.55. The molecule has 1 heterocycles. The first kappa shape index (κ1) is 13.4. The standard InChI is InChI=1S/C13H13N3O2S/c1-19-11-6-3-2-5-10(11)15-12(17)9-16-13(18)7-4-8-14-16/h2-8H,9H2,1H3,(H,15,17). The number of nitrogens with zero attached hydrogens (tertiary/aromatic N) is 2. The van der Waals surface area contributed by atoms with Gasteiger partial charge < -0.3 is 5.32 Å². The molecule has 1 aromatic carbocycles. The summed E-state index contributed by atoms with van der Waals surface area (Å²) in [6.07, 6.45) is 3.42. The van der Waals surface area contributed by atoms with Crippen LogP contribution in [0.15, 0.2) is 52.3 Å². The Balaban J connectivity index is 2.10. The number of nitrogens with one attached hydrogen (secondary N) is 1. The lowest BCUT2D eigenvalue weighted by Crippen LogP contribution is -2.28. The van der Waals surface area contributed by atoms with Gasteiger partial charge >= 0.3 is 0 Å². The van der Waals surface area contributed by atoms with Crippen LogP contribution in [0.1, 0.15) is 0 Å². The second-order valence-electron chi connectivity index (χ2n) is 3.77. The normalized spacial score (nSPS) is 10.2. The van der Waals surface area contributed by atoms with Gasteiger partial charge in [0.25, 0.3) is 5.56 Å². The van der Waals surface area contributed by atoms with Gasteiger partial charge in [0.1, 0.15) is 6.54 Å². The zero-order valence-corrected chi connectivity index (χ0v) is 11.2. The molecule has 6 heteroatoms. The van der Waals surface area contributed by atoms with E-state index in [-0.39, 0.29) is 18.0 Å². The number of carbonyl (C=O) groups is 1. The lowest BCUT2D eigenvalue weighted by atomic mass is 10.3. The quantitative estimate of drug-likeness (QED) is 0.861. The Morgan fingerprint density at radius 3 is 2.84 bits per heavy atom. The molecule has 1 aromatic heterocycles. The first-order chi connectivity index (χ1) is 9.20. The summed E-state index contributed by atoms with van der Waals surface area (Å²) in [5.74, 6) is -0.276. The van der Waals surface area contributed by atoms with Crippen molar-refractivity contribution in [3.63, 3.8) is 0 Å². The van der Waals surface area contributed by atoms with Crippen molar-refractivity contribution in [3.8, 4) is 0 Å². The summed E-state index contributed by atoms with van der Waals surface area (Å²) in [7, 11) is 0. The summed E-state index contributed by atoms with van der Waals surface area (Å²) < 4.78 is 1.12. The number of benzene rings is 1. The molecule has 0 aliphatic rings. The van der Waals surface area contributed by atoms with Gasteiger partial charge in [-0.3, -0.25) is 9.59 Å². The third-order valence-corrected chi connectivity index (χ3v) is 3.26. The number of para-hydroxylation sites is 1. The maximum Gasteiger partial charge on any atom is 0.267 e. The Kier molecular flexibility index (Phi) is 4.35. The molecule has 0 radical (unpaired) electrons. The van der Waals surface area contributed by atoms with Crippen molar-refractivity contribution in [2.45, 2.75) is 11.4 Å². The fourth-order valence-corrected chi connectivity index (χ4v) is 2.13. The van der Waals surface area contributed by atoms with Gasteiger partial charge in [-0.05, 0) is 24.5 Å². The molecule has 5 nitrogen and oxygen atoms in total. The van der Waals surface area contributed by atoms with E-state index in [1.165, 1.54) is 12.3 Å². The highest BCUT2D eigenvalue weighted by Crippen LogP contribution is 2.24. The van der Waals surface area contributed by atoms with E-state index in [1.54, 1.807) is 17.8 Å². The molecule has 19 heavy (non-hydrogen) atoms. The monoisotopic (exact) mass is 275 g/mol. The van der Waals surface area contributed by atoms with Crippen LogP contribution in [-0.4, -0.2) is 21.9 Å². The predicted molar refractivity (Wildman–Crippen MR) is 75.3 cm³/mol. The van der Waals surface area contributed by atoms with Crippen LogP contribution in [0.25, 0.3) is 0 Å². The first-order valence-electron chi connectivity index (χ1n) is 5.65. The van der Waals surface area contributed by atoms with E-state index >= 15 is 0 Å². The van der Waals surface area contributed by atoms with Crippen LogP contribution in [0.5, 0.6) is 0 Å². The predicted octanol–water partition coefficient (Wildman–Crippen LogP) is 1.60. The Labute approximate surface area is 114 Å². The molecule has 0 fully saturated rings. The molecule has 2 aromatic rings. The van der Waals surface area contributed by atoms with E-state index < -0.39 is 0 Å². The van der Waals surface area contributed by atoms with Crippen LogP contribution >= 0.6 is 11.8 Å². The second-order valence-corrected chi connectivity index (χ2v) is 4.62. The fraction of sp³-hybridized carbons (Fsp3) is 0.154. The Hall–Kier alpha value is -2.08. The first-order valence-corrected chi connectivity index (χ1v) is 6.88. The SMILES string of the molecule is CSc1ccccc1NC(=O)Cn1ncccc1=O. The number of amides is 1. The minimum absolute atomic E-state index is 0.0949. The molecule has 0 bridgehead atoms. The van der Waals surface area contributed by atoms with Crippen molar-refractivity contribution in [2.24, 2.45) is 0 Å². The Bertz CT molecular complexity index is 640. The van der Waals surface area contributed by atoms with Crippen LogP contribution < -0.4 is 10.9 Å². The summed E-state index contributed by atoms with van der Waals surface area (Å²) in [4.78, 5) is 24.3. The Morgan fingerprint density at radius 1 is 1.32 bits per heavy atom. The lowest BCUT2D eigenvalue weighted by Gasteiger charge is -2.09. The number of anilines is 1. The van der Waals surface area contributed by atoms with Crippen molar-refractivity contribution in [1.82, 2.24) is 9.78 Å². The van der Waals surface area contributed by atoms with Gasteiger partial charge in [-0.25, -0.2) is 4.68 Å². The third kappa shape index (κ3) is 3.45. The molecule has 1 N–H and O–H groups in total. The molecule has 0 atom stereocenters. The van der Waals surface area contributed by atoms with E-state index in [4.69, 9.17) is 0 Å². The van der Waals surface area contributed by atoms with Gasteiger partial charge in [0, 0.05) is 17.2 Å². The average Bonchev–Trinajstić information content (AvgIpc) is 2.42. The van der Waals surface area contributed by atoms with E-state index in [2.05, 4.69) is 10.4 Å². The van der Waals surface area contributed by atoms with E-state index in [1.807, 2.05) is 30.5 Å². The molecule has 0 saturated heterocycles. The highest BCUT2D eigenvalue weighted by Gasteiger charge is 2.07. The van der Waals surface area contributed by atoms with Crippen molar-refractivity contribution >= 4 is 23.4 Å². The molecule has 0 aliphatic carbocycles. The van der Waals surface area contributed by atoms with Gasteiger partial charge in [-0.2, -0.15) is 5.10 Å². The molecular formula is C13H13N3O2S. The fourth-order valence-electron chi connectivity index (χ4n) is 1.58. The van der Waals surface area contributed by atoms with Crippen molar-refractivity contribution < 1.29 is 4.79 Å². The van der Waals surface area contributed by atoms with Crippen molar-refractivity contribution in [2.75, 3.05) is 11.6 Å². The number of hydrogen-bond acceptors (Lipinski definition) is 4. The number of hydrogen-bond donors (Lipinski definition) is 1. The number of rotatable bonds is 4. The molecule has 1 amide bonds. The van der Waals surface area contributed by atoms with E-state index in [0.29, 0.717) is 0 Å². The topological polar surface area (TPSA) is 64.0 Å². The third-order valence-electron chi connectivity index (χ3n) is 2.46. The maximum absolute atomic E-state index is 11.9. The van der Waals surface area contributed by atoms with Crippen molar-refractivity contribution in [3.05, 3.63) is 52.9 Å². The Morgan fingerprint density at radius 2 is 2.11 bits per heavy atom. The molecule has 0 aliphatic heterocycles. The number of thioether (sulfide) groups is 1. The molecule has 0 unspecified atom stereocenters. The minimum atomic E-state index is -0.296. The van der Waals surface area contributed by atoms with Gasteiger partial charge in [-0.1, -0.05) is 12.1 Å². The van der Waals surface area contributed by atoms with Crippen LogP contribution in [0.4, 0.5) is 5.69 Å². The zero-order valence-electron chi connectivity index (χ0n) is 10.4. The van der Waals surface area contributed by atoms with Gasteiger partial charge in [0.2, 0.25) is 5.91 Å².